The van der Waals surface area contributed by atoms with Gasteiger partial charge in [0.2, 0.25) is 0 Å². The highest BCUT2D eigenvalue weighted by molar-refractivity contribution is 7.98. The zero-order valence-corrected chi connectivity index (χ0v) is 9.70. The molecule has 0 bridgehead atoms. The normalized spacial score (nSPS) is 26.3. The van der Waals surface area contributed by atoms with Gasteiger partial charge in [-0.1, -0.05) is 6.42 Å². The van der Waals surface area contributed by atoms with Crippen molar-refractivity contribution in [1.82, 2.24) is 15.5 Å². The standard InChI is InChI=1S/C11H17N3S/c1-2-5-12-10(3-1)11-8-7-15-6-4-9(8)13-14-11/h10,12H,1-7H2,(H,13,14)/t10-/m1/s1. The predicted octanol–water partition coefficient (Wildman–Crippen LogP) is 2.01. The summed E-state index contributed by atoms with van der Waals surface area (Å²) in [5.41, 5.74) is 4.18. The molecule has 82 valence electrons. The molecule has 0 aromatic carbocycles. The molecule has 0 radical (unpaired) electrons. The van der Waals surface area contributed by atoms with E-state index in [1.165, 1.54) is 48.4 Å². The third-order valence-corrected chi connectivity index (χ3v) is 4.35. The molecule has 2 N–H and O–H groups in total. The molecule has 4 heteroatoms. The van der Waals surface area contributed by atoms with Crippen molar-refractivity contribution in [2.24, 2.45) is 0 Å². The highest BCUT2D eigenvalue weighted by Gasteiger charge is 2.24. The topological polar surface area (TPSA) is 40.7 Å². The zero-order valence-electron chi connectivity index (χ0n) is 8.88. The molecular weight excluding hydrogens is 206 g/mol. The Morgan fingerprint density at radius 3 is 3.20 bits per heavy atom. The Morgan fingerprint density at radius 1 is 1.33 bits per heavy atom. The SMILES string of the molecule is C1CC[C@H](c2n[nH]c3c2CSCC3)NC1. The highest BCUT2D eigenvalue weighted by atomic mass is 32.2. The molecule has 0 saturated carbocycles. The Labute approximate surface area is 94.4 Å². The molecule has 2 aliphatic heterocycles. The molecule has 15 heavy (non-hydrogen) atoms. The van der Waals surface area contributed by atoms with Crippen molar-refractivity contribution >= 4 is 11.8 Å². The maximum Gasteiger partial charge on any atom is 0.0834 e. The quantitative estimate of drug-likeness (QED) is 0.765. The fourth-order valence-electron chi connectivity index (χ4n) is 2.51. The summed E-state index contributed by atoms with van der Waals surface area (Å²) in [6.07, 6.45) is 5.08. The third kappa shape index (κ3) is 1.81. The fraction of sp³-hybridized carbons (Fsp3) is 0.727. The number of hydrogen-bond acceptors (Lipinski definition) is 3. The second-order valence-corrected chi connectivity index (χ2v) is 5.48. The lowest BCUT2D eigenvalue weighted by molar-refractivity contribution is 0.403. The number of hydrogen-bond donors (Lipinski definition) is 2. The summed E-state index contributed by atoms with van der Waals surface area (Å²) in [5, 5.41) is 11.3. The van der Waals surface area contributed by atoms with Crippen LogP contribution in [0.4, 0.5) is 0 Å². The van der Waals surface area contributed by atoms with E-state index in [1.807, 2.05) is 11.8 Å². The Bertz CT molecular complexity index is 342. The zero-order chi connectivity index (χ0) is 10.1. The number of aromatic nitrogens is 2. The van der Waals surface area contributed by atoms with E-state index in [0.717, 1.165) is 12.3 Å². The molecule has 1 aromatic rings. The average molecular weight is 223 g/mol. The number of aryl methyl sites for hydroxylation is 1. The Morgan fingerprint density at radius 2 is 2.33 bits per heavy atom. The molecule has 3 nitrogen and oxygen atoms in total. The van der Waals surface area contributed by atoms with Gasteiger partial charge < -0.3 is 5.32 Å². The van der Waals surface area contributed by atoms with Gasteiger partial charge >= 0.3 is 0 Å². The van der Waals surface area contributed by atoms with E-state index >= 15 is 0 Å². The number of fused-ring (bicyclic) bond motifs is 1. The summed E-state index contributed by atoms with van der Waals surface area (Å²) in [6.45, 7) is 1.15. The van der Waals surface area contributed by atoms with Crippen LogP contribution in [0.5, 0.6) is 0 Å². The van der Waals surface area contributed by atoms with Crippen LogP contribution in [0, 0.1) is 0 Å². The molecule has 0 spiro atoms. The van der Waals surface area contributed by atoms with E-state index in [-0.39, 0.29) is 0 Å². The number of H-pyrrole nitrogens is 1. The van der Waals surface area contributed by atoms with Crippen molar-refractivity contribution in [3.63, 3.8) is 0 Å². The van der Waals surface area contributed by atoms with E-state index < -0.39 is 0 Å². The first kappa shape index (κ1) is 9.73. The largest absolute Gasteiger partial charge is 0.309 e. The van der Waals surface area contributed by atoms with Crippen LogP contribution < -0.4 is 5.32 Å². The number of nitrogens with one attached hydrogen (secondary N) is 2. The molecule has 0 unspecified atom stereocenters. The second-order valence-electron chi connectivity index (χ2n) is 4.37. The van der Waals surface area contributed by atoms with Crippen LogP contribution in [0.3, 0.4) is 0 Å². The molecule has 0 amide bonds. The summed E-state index contributed by atoms with van der Waals surface area (Å²) in [6, 6.07) is 0.512. The van der Waals surface area contributed by atoms with Gasteiger partial charge in [0, 0.05) is 17.0 Å². The number of aromatic amines is 1. The van der Waals surface area contributed by atoms with E-state index in [0.29, 0.717) is 6.04 Å². The maximum absolute atomic E-state index is 4.52. The molecule has 3 heterocycles. The monoisotopic (exact) mass is 223 g/mol. The van der Waals surface area contributed by atoms with E-state index in [9.17, 15) is 0 Å². The molecule has 1 atom stereocenters. The van der Waals surface area contributed by atoms with Crippen LogP contribution in [-0.4, -0.2) is 22.5 Å². The smallest absolute Gasteiger partial charge is 0.0834 e. The number of rotatable bonds is 1. The lowest BCUT2D eigenvalue weighted by Gasteiger charge is -2.23. The van der Waals surface area contributed by atoms with Crippen molar-refractivity contribution in [2.75, 3.05) is 12.3 Å². The van der Waals surface area contributed by atoms with Crippen molar-refractivity contribution < 1.29 is 0 Å². The summed E-state index contributed by atoms with van der Waals surface area (Å²) < 4.78 is 0. The molecule has 3 rings (SSSR count). The highest BCUT2D eigenvalue weighted by Crippen LogP contribution is 2.31. The van der Waals surface area contributed by atoms with Crippen molar-refractivity contribution in [3.8, 4) is 0 Å². The average Bonchev–Trinajstić information content (AvgIpc) is 2.74. The second kappa shape index (κ2) is 4.18. The van der Waals surface area contributed by atoms with Crippen LogP contribution in [0.15, 0.2) is 0 Å². The lowest BCUT2D eigenvalue weighted by Crippen LogP contribution is -2.27. The van der Waals surface area contributed by atoms with Gasteiger partial charge in [-0.3, -0.25) is 5.10 Å². The van der Waals surface area contributed by atoms with Gasteiger partial charge in [-0.25, -0.2) is 0 Å². The maximum atomic E-state index is 4.52. The molecule has 2 aliphatic rings. The first-order valence-electron chi connectivity index (χ1n) is 5.82. The van der Waals surface area contributed by atoms with Crippen LogP contribution in [-0.2, 0) is 12.2 Å². The number of nitrogens with zero attached hydrogens (tertiary/aromatic N) is 1. The summed E-state index contributed by atoms with van der Waals surface area (Å²) >= 11 is 2.03. The molecule has 0 aliphatic carbocycles. The van der Waals surface area contributed by atoms with Gasteiger partial charge in [0.25, 0.3) is 0 Å². The van der Waals surface area contributed by atoms with Gasteiger partial charge in [-0.05, 0) is 31.6 Å². The van der Waals surface area contributed by atoms with Gasteiger partial charge in [-0.2, -0.15) is 16.9 Å². The lowest BCUT2D eigenvalue weighted by atomic mass is 9.98. The minimum absolute atomic E-state index is 0.512. The summed E-state index contributed by atoms with van der Waals surface area (Å²) in [4.78, 5) is 0. The Balaban J connectivity index is 1.87. The van der Waals surface area contributed by atoms with Crippen LogP contribution in [0.25, 0.3) is 0 Å². The molecular formula is C11H17N3S. The minimum Gasteiger partial charge on any atom is -0.309 e. The van der Waals surface area contributed by atoms with Crippen LogP contribution in [0.2, 0.25) is 0 Å². The first-order chi connectivity index (χ1) is 7.45. The van der Waals surface area contributed by atoms with Gasteiger partial charge in [0.05, 0.1) is 11.7 Å². The van der Waals surface area contributed by atoms with Gasteiger partial charge in [0.15, 0.2) is 0 Å². The first-order valence-corrected chi connectivity index (χ1v) is 6.98. The minimum atomic E-state index is 0.512. The van der Waals surface area contributed by atoms with Crippen molar-refractivity contribution in [3.05, 3.63) is 17.0 Å². The van der Waals surface area contributed by atoms with Crippen molar-refractivity contribution in [2.45, 2.75) is 37.5 Å². The van der Waals surface area contributed by atoms with Gasteiger partial charge in [-0.15, -0.1) is 0 Å². The molecule has 1 fully saturated rings. The number of piperidine rings is 1. The Kier molecular flexibility index (Phi) is 2.71. The third-order valence-electron chi connectivity index (χ3n) is 3.37. The van der Waals surface area contributed by atoms with Crippen LogP contribution >= 0.6 is 11.8 Å². The van der Waals surface area contributed by atoms with Gasteiger partial charge in [0.1, 0.15) is 0 Å². The van der Waals surface area contributed by atoms with Crippen LogP contribution in [0.1, 0.15) is 42.3 Å². The molecule has 1 saturated heterocycles. The Hall–Kier alpha value is -0.480. The summed E-state index contributed by atoms with van der Waals surface area (Å²) in [7, 11) is 0. The van der Waals surface area contributed by atoms with E-state index in [2.05, 4.69) is 15.5 Å². The van der Waals surface area contributed by atoms with Crippen molar-refractivity contribution in [1.29, 1.82) is 0 Å². The predicted molar refractivity (Wildman–Crippen MR) is 63.0 cm³/mol. The fourth-order valence-corrected chi connectivity index (χ4v) is 3.53. The van der Waals surface area contributed by atoms with E-state index in [4.69, 9.17) is 0 Å². The molecule has 1 aromatic heterocycles. The van der Waals surface area contributed by atoms with E-state index in [1.54, 1.807) is 0 Å². The summed E-state index contributed by atoms with van der Waals surface area (Å²) in [5.74, 6) is 2.39. The number of thioether (sulfide) groups is 1.